The molecule has 5 aromatic rings. The lowest BCUT2D eigenvalue weighted by Crippen LogP contribution is -2.09. The average Bonchev–Trinajstić information content (AvgIpc) is 3.26. The second-order valence-corrected chi connectivity index (χ2v) is 7.73. The molecular formula is C25H18ClN3O3. The maximum absolute atomic E-state index is 12.8. The second kappa shape index (κ2) is 8.69. The summed E-state index contributed by atoms with van der Waals surface area (Å²) in [6.07, 6.45) is 1.66. The summed E-state index contributed by atoms with van der Waals surface area (Å²) in [5, 5.41) is 9.34. The monoisotopic (exact) mass is 443 g/mol. The number of benzene rings is 3. The minimum absolute atomic E-state index is 0.0863. The molecule has 5 rings (SSSR count). The van der Waals surface area contributed by atoms with E-state index in [1.165, 1.54) is 6.07 Å². The highest BCUT2D eigenvalue weighted by Crippen LogP contribution is 2.23. The van der Waals surface area contributed by atoms with Gasteiger partial charge in [-0.2, -0.15) is 0 Å². The molecule has 0 aliphatic carbocycles. The third kappa shape index (κ3) is 4.26. The van der Waals surface area contributed by atoms with Gasteiger partial charge in [-0.15, -0.1) is 5.10 Å². The summed E-state index contributed by atoms with van der Waals surface area (Å²) < 4.78 is 13.5. The molecule has 7 heteroatoms. The van der Waals surface area contributed by atoms with E-state index < -0.39 is 0 Å². The van der Waals surface area contributed by atoms with Gasteiger partial charge in [0.15, 0.2) is 5.43 Å². The predicted octanol–water partition coefficient (Wildman–Crippen LogP) is 5.33. The first-order chi connectivity index (χ1) is 15.7. The molecule has 32 heavy (non-hydrogen) atoms. The van der Waals surface area contributed by atoms with Crippen molar-refractivity contribution in [1.82, 2.24) is 15.0 Å². The molecule has 0 atom stereocenters. The fraction of sp³-hybridized carbons (Fsp3) is 0.0800. The van der Waals surface area contributed by atoms with Gasteiger partial charge < -0.3 is 9.15 Å². The van der Waals surface area contributed by atoms with Gasteiger partial charge in [0.2, 0.25) is 0 Å². The molecule has 0 fully saturated rings. The second-order valence-electron chi connectivity index (χ2n) is 7.30. The third-order valence-corrected chi connectivity index (χ3v) is 5.33. The Morgan fingerprint density at radius 2 is 1.78 bits per heavy atom. The van der Waals surface area contributed by atoms with Gasteiger partial charge >= 0.3 is 0 Å². The average molecular weight is 444 g/mol. The minimum atomic E-state index is -0.0863. The lowest BCUT2D eigenvalue weighted by Gasteiger charge is -2.09. The minimum Gasteiger partial charge on any atom is -0.487 e. The zero-order valence-electron chi connectivity index (χ0n) is 16.9. The van der Waals surface area contributed by atoms with Crippen LogP contribution in [0.3, 0.4) is 0 Å². The molecule has 0 aliphatic heterocycles. The zero-order valence-corrected chi connectivity index (χ0v) is 17.7. The molecule has 3 aromatic carbocycles. The highest BCUT2D eigenvalue weighted by molar-refractivity contribution is 6.30. The van der Waals surface area contributed by atoms with Gasteiger partial charge in [0.25, 0.3) is 0 Å². The Bertz CT molecular complexity index is 1430. The summed E-state index contributed by atoms with van der Waals surface area (Å²) in [5.41, 5.74) is 3.05. The molecule has 0 aliphatic rings. The molecule has 2 aromatic heterocycles. The molecule has 0 saturated carbocycles. The number of aromatic nitrogens is 3. The van der Waals surface area contributed by atoms with Crippen LogP contribution in [0.15, 0.2) is 94.3 Å². The summed E-state index contributed by atoms with van der Waals surface area (Å²) >= 11 is 5.91. The first-order valence-electron chi connectivity index (χ1n) is 10.0. The molecule has 2 heterocycles. The van der Waals surface area contributed by atoms with Gasteiger partial charge in [-0.05, 0) is 42.0 Å². The van der Waals surface area contributed by atoms with Crippen LogP contribution in [0.4, 0.5) is 0 Å². The Kier molecular flexibility index (Phi) is 5.44. The smallest absolute Gasteiger partial charge is 0.193 e. The van der Waals surface area contributed by atoms with E-state index in [-0.39, 0.29) is 5.43 Å². The van der Waals surface area contributed by atoms with Gasteiger partial charge in [-0.1, -0.05) is 53.2 Å². The molecular weight excluding hydrogens is 426 g/mol. The highest BCUT2D eigenvalue weighted by atomic mass is 35.5. The van der Waals surface area contributed by atoms with Crippen molar-refractivity contribution in [3.63, 3.8) is 0 Å². The van der Waals surface area contributed by atoms with E-state index in [0.29, 0.717) is 40.7 Å². The van der Waals surface area contributed by atoms with E-state index in [1.807, 2.05) is 60.7 Å². The van der Waals surface area contributed by atoms with Crippen LogP contribution in [0.5, 0.6) is 5.75 Å². The topological polar surface area (TPSA) is 70.2 Å². The number of hydrogen-bond donors (Lipinski definition) is 0. The molecule has 0 saturated heterocycles. The molecule has 6 nitrogen and oxygen atoms in total. The van der Waals surface area contributed by atoms with Crippen LogP contribution in [0, 0.1) is 0 Å². The fourth-order valence-corrected chi connectivity index (χ4v) is 3.56. The first-order valence-corrected chi connectivity index (χ1v) is 10.4. The third-order valence-electron chi connectivity index (χ3n) is 5.08. The Hall–Kier alpha value is -3.90. The summed E-state index contributed by atoms with van der Waals surface area (Å²) in [7, 11) is 0. The van der Waals surface area contributed by atoms with Crippen LogP contribution in [-0.2, 0) is 13.2 Å². The Labute approximate surface area is 188 Å². The molecule has 0 N–H and O–H groups in total. The van der Waals surface area contributed by atoms with Gasteiger partial charge in [0.1, 0.15) is 23.7 Å². The SMILES string of the molecule is O=c1cc(-c2ccccc2)oc2ccc(Cn3nncc3COc3ccc(Cl)cc3)cc12. The fourth-order valence-electron chi connectivity index (χ4n) is 3.43. The van der Waals surface area contributed by atoms with Crippen LogP contribution >= 0.6 is 11.6 Å². The van der Waals surface area contributed by atoms with Crippen LogP contribution < -0.4 is 10.2 Å². The number of hydrogen-bond acceptors (Lipinski definition) is 5. The molecule has 0 radical (unpaired) electrons. The summed E-state index contributed by atoms with van der Waals surface area (Å²) in [5.74, 6) is 1.26. The lowest BCUT2D eigenvalue weighted by molar-refractivity contribution is 0.293. The molecule has 0 spiro atoms. The summed E-state index contributed by atoms with van der Waals surface area (Å²) in [6, 6.07) is 23.8. The maximum Gasteiger partial charge on any atom is 0.193 e. The van der Waals surface area contributed by atoms with E-state index in [0.717, 1.165) is 16.8 Å². The molecule has 0 amide bonds. The number of fused-ring (bicyclic) bond motifs is 1. The van der Waals surface area contributed by atoms with Crippen molar-refractivity contribution in [3.05, 3.63) is 112 Å². The van der Waals surface area contributed by atoms with E-state index in [9.17, 15) is 4.79 Å². The van der Waals surface area contributed by atoms with Gasteiger partial charge in [-0.25, -0.2) is 4.68 Å². The summed E-state index contributed by atoms with van der Waals surface area (Å²) in [4.78, 5) is 12.8. The number of nitrogens with zero attached hydrogens (tertiary/aromatic N) is 3. The Balaban J connectivity index is 1.37. The highest BCUT2D eigenvalue weighted by Gasteiger charge is 2.10. The van der Waals surface area contributed by atoms with Crippen molar-refractivity contribution < 1.29 is 9.15 Å². The number of ether oxygens (including phenoxy) is 1. The predicted molar refractivity (Wildman–Crippen MR) is 123 cm³/mol. The lowest BCUT2D eigenvalue weighted by atomic mass is 10.1. The van der Waals surface area contributed by atoms with Crippen molar-refractivity contribution in [2.24, 2.45) is 0 Å². The Morgan fingerprint density at radius 1 is 0.969 bits per heavy atom. The van der Waals surface area contributed by atoms with Crippen LogP contribution in [0.1, 0.15) is 11.3 Å². The van der Waals surface area contributed by atoms with Crippen molar-refractivity contribution in [2.45, 2.75) is 13.2 Å². The largest absolute Gasteiger partial charge is 0.487 e. The molecule has 0 bridgehead atoms. The van der Waals surface area contributed by atoms with E-state index in [1.54, 1.807) is 23.0 Å². The zero-order chi connectivity index (χ0) is 21.9. The van der Waals surface area contributed by atoms with Crippen molar-refractivity contribution in [1.29, 1.82) is 0 Å². The van der Waals surface area contributed by atoms with Crippen LogP contribution in [0.2, 0.25) is 5.02 Å². The number of halogens is 1. The van der Waals surface area contributed by atoms with Crippen molar-refractivity contribution in [2.75, 3.05) is 0 Å². The quantitative estimate of drug-likeness (QED) is 0.354. The Morgan fingerprint density at radius 3 is 2.59 bits per heavy atom. The van der Waals surface area contributed by atoms with E-state index in [4.69, 9.17) is 20.8 Å². The van der Waals surface area contributed by atoms with Crippen LogP contribution in [0.25, 0.3) is 22.3 Å². The first kappa shape index (κ1) is 20.0. The van der Waals surface area contributed by atoms with Gasteiger partial charge in [0.05, 0.1) is 23.8 Å². The molecule has 0 unspecified atom stereocenters. The van der Waals surface area contributed by atoms with Crippen molar-refractivity contribution in [3.8, 4) is 17.1 Å². The molecule has 158 valence electrons. The maximum atomic E-state index is 12.8. The van der Waals surface area contributed by atoms with Crippen LogP contribution in [-0.4, -0.2) is 15.0 Å². The van der Waals surface area contributed by atoms with Gasteiger partial charge in [-0.3, -0.25) is 4.79 Å². The number of rotatable bonds is 6. The standard InChI is InChI=1S/C25H18ClN3O3/c26-19-7-9-21(10-8-19)31-16-20-14-27-28-29(20)15-17-6-11-24-22(12-17)23(30)13-25(32-24)18-4-2-1-3-5-18/h1-14H,15-16H2. The van der Waals surface area contributed by atoms with Gasteiger partial charge in [0, 0.05) is 16.7 Å². The van der Waals surface area contributed by atoms with Crippen molar-refractivity contribution >= 4 is 22.6 Å². The summed E-state index contributed by atoms with van der Waals surface area (Å²) in [6.45, 7) is 0.764. The van der Waals surface area contributed by atoms with E-state index >= 15 is 0 Å². The normalized spacial score (nSPS) is 11.0. The van der Waals surface area contributed by atoms with E-state index in [2.05, 4.69) is 10.3 Å².